The van der Waals surface area contributed by atoms with Gasteiger partial charge in [-0.15, -0.1) is 0 Å². The minimum absolute atomic E-state index is 0.0707. The molecule has 3 aromatic rings. The highest BCUT2D eigenvalue weighted by atomic mass is 32.2. The van der Waals surface area contributed by atoms with Crippen LogP contribution in [0.15, 0.2) is 71.6 Å². The smallest absolute Gasteiger partial charge is 0.273 e. The minimum atomic E-state index is -4.55. The summed E-state index contributed by atoms with van der Waals surface area (Å²) in [5, 5.41) is 14.3. The number of nitro groups is 1. The van der Waals surface area contributed by atoms with E-state index in [4.69, 9.17) is 4.74 Å². The molecule has 2 amide bonds. The number of anilines is 1. The first-order valence-corrected chi connectivity index (χ1v) is 14.6. The number of sulfonamides is 1. The number of amides is 2. The lowest BCUT2D eigenvalue weighted by molar-refractivity contribution is -0.385. The summed E-state index contributed by atoms with van der Waals surface area (Å²) in [6, 6.07) is 14.0. The maximum absolute atomic E-state index is 14.6. The lowest BCUT2D eigenvalue weighted by Crippen LogP contribution is -2.51. The van der Waals surface area contributed by atoms with E-state index in [9.17, 15) is 32.5 Å². The van der Waals surface area contributed by atoms with E-state index >= 15 is 0 Å². The lowest BCUT2D eigenvalue weighted by atomic mass is 10.1. The normalized spacial score (nSPS) is 11.8. The Morgan fingerprint density at radius 1 is 1.10 bits per heavy atom. The second-order valence-electron chi connectivity index (χ2n) is 9.50. The number of rotatable bonds is 13. The molecule has 1 N–H and O–H groups in total. The van der Waals surface area contributed by atoms with Gasteiger partial charge in [0.25, 0.3) is 15.7 Å². The molecule has 3 rings (SSSR count). The van der Waals surface area contributed by atoms with Gasteiger partial charge in [0.05, 0.1) is 22.6 Å². The molecule has 11 nitrogen and oxygen atoms in total. The topological polar surface area (TPSA) is 139 Å². The Bertz CT molecular complexity index is 1550. The number of nitrogens with one attached hydrogen (secondary N) is 1. The summed E-state index contributed by atoms with van der Waals surface area (Å²) in [7, 11) is -3.12. The van der Waals surface area contributed by atoms with Gasteiger partial charge in [0.2, 0.25) is 11.8 Å². The molecule has 0 fully saturated rings. The third-order valence-corrected chi connectivity index (χ3v) is 8.39. The van der Waals surface area contributed by atoms with Crippen LogP contribution < -0.4 is 14.4 Å². The van der Waals surface area contributed by atoms with Gasteiger partial charge in [0.1, 0.15) is 24.2 Å². The SMILES string of the molecule is CCCNC(=O)C(C)N(Cc1ccccc1F)C(=O)CN(c1ccc(OC)cc1)S(=O)(=O)c1ccc(C)c([N+](=O)[O-])c1. The number of methoxy groups -OCH3 is 1. The van der Waals surface area contributed by atoms with Crippen LogP contribution in [0.3, 0.4) is 0 Å². The van der Waals surface area contributed by atoms with E-state index in [-0.39, 0.29) is 23.4 Å². The quantitative estimate of drug-likeness (QED) is 0.229. The van der Waals surface area contributed by atoms with Crippen molar-refractivity contribution >= 4 is 33.2 Å². The van der Waals surface area contributed by atoms with Gasteiger partial charge in [0, 0.05) is 30.3 Å². The van der Waals surface area contributed by atoms with Gasteiger partial charge in [-0.3, -0.25) is 24.0 Å². The number of ether oxygens (including phenoxy) is 1. The first-order valence-electron chi connectivity index (χ1n) is 13.1. The Morgan fingerprint density at radius 3 is 2.36 bits per heavy atom. The van der Waals surface area contributed by atoms with Crippen molar-refractivity contribution in [3.05, 3.63) is 93.8 Å². The average Bonchev–Trinajstić information content (AvgIpc) is 2.97. The van der Waals surface area contributed by atoms with Crippen LogP contribution in [0.25, 0.3) is 0 Å². The second-order valence-corrected chi connectivity index (χ2v) is 11.4. The number of benzene rings is 3. The summed E-state index contributed by atoms with van der Waals surface area (Å²) in [4.78, 5) is 38.3. The zero-order valence-corrected chi connectivity index (χ0v) is 24.6. The van der Waals surface area contributed by atoms with Crippen LogP contribution in [0.5, 0.6) is 5.75 Å². The van der Waals surface area contributed by atoms with Crippen LogP contribution in [-0.4, -0.2) is 56.3 Å². The highest BCUT2D eigenvalue weighted by Crippen LogP contribution is 2.29. The van der Waals surface area contributed by atoms with Gasteiger partial charge in [0.15, 0.2) is 0 Å². The Balaban J connectivity index is 2.09. The zero-order valence-electron chi connectivity index (χ0n) is 23.7. The summed E-state index contributed by atoms with van der Waals surface area (Å²) in [5.41, 5.74) is 0.0591. The van der Waals surface area contributed by atoms with Crippen LogP contribution in [0.1, 0.15) is 31.4 Å². The van der Waals surface area contributed by atoms with Gasteiger partial charge in [-0.1, -0.05) is 31.2 Å². The molecule has 0 saturated heterocycles. The van der Waals surface area contributed by atoms with E-state index < -0.39 is 55.7 Å². The van der Waals surface area contributed by atoms with E-state index in [0.717, 1.165) is 15.3 Å². The molecule has 13 heteroatoms. The fourth-order valence-corrected chi connectivity index (χ4v) is 5.57. The molecule has 0 radical (unpaired) electrons. The largest absolute Gasteiger partial charge is 0.497 e. The number of nitrogens with zero attached hydrogens (tertiary/aromatic N) is 3. The molecule has 1 atom stereocenters. The molecule has 0 saturated carbocycles. The monoisotopic (exact) mass is 600 g/mol. The van der Waals surface area contributed by atoms with E-state index in [1.165, 1.54) is 75.6 Å². The first-order chi connectivity index (χ1) is 19.9. The van der Waals surface area contributed by atoms with Crippen molar-refractivity contribution in [1.29, 1.82) is 0 Å². The first kappa shape index (κ1) is 32.0. The highest BCUT2D eigenvalue weighted by molar-refractivity contribution is 7.92. The molecule has 0 aromatic heterocycles. The van der Waals surface area contributed by atoms with Crippen molar-refractivity contribution in [2.45, 2.75) is 44.7 Å². The van der Waals surface area contributed by atoms with E-state index in [2.05, 4.69) is 5.32 Å². The Morgan fingerprint density at radius 2 is 1.76 bits per heavy atom. The van der Waals surface area contributed by atoms with Crippen LogP contribution in [0.4, 0.5) is 15.8 Å². The number of nitro benzene ring substituents is 1. The predicted octanol–water partition coefficient (Wildman–Crippen LogP) is 4.19. The van der Waals surface area contributed by atoms with Crippen molar-refractivity contribution in [3.63, 3.8) is 0 Å². The van der Waals surface area contributed by atoms with Crippen molar-refractivity contribution in [1.82, 2.24) is 10.2 Å². The number of aryl methyl sites for hydroxylation is 1. The number of carbonyl (C=O) groups is 2. The number of halogens is 1. The van der Waals surface area contributed by atoms with E-state index in [0.29, 0.717) is 18.7 Å². The molecule has 0 aliphatic carbocycles. The minimum Gasteiger partial charge on any atom is -0.497 e. The maximum Gasteiger partial charge on any atom is 0.273 e. The molecule has 42 heavy (non-hydrogen) atoms. The summed E-state index contributed by atoms with van der Waals surface area (Å²) in [6.07, 6.45) is 0.645. The van der Waals surface area contributed by atoms with E-state index in [1.807, 2.05) is 6.92 Å². The fourth-order valence-electron chi connectivity index (χ4n) is 4.14. The lowest BCUT2D eigenvalue weighted by Gasteiger charge is -2.32. The summed E-state index contributed by atoms with van der Waals surface area (Å²) < 4.78 is 48.5. The summed E-state index contributed by atoms with van der Waals surface area (Å²) >= 11 is 0. The third kappa shape index (κ3) is 7.40. The van der Waals surface area contributed by atoms with Crippen molar-refractivity contribution in [2.75, 3.05) is 24.5 Å². The van der Waals surface area contributed by atoms with E-state index in [1.54, 1.807) is 6.07 Å². The summed E-state index contributed by atoms with van der Waals surface area (Å²) in [6.45, 7) is 4.07. The third-order valence-electron chi connectivity index (χ3n) is 6.62. The van der Waals surface area contributed by atoms with Crippen molar-refractivity contribution in [2.24, 2.45) is 0 Å². The number of hydrogen-bond donors (Lipinski definition) is 1. The van der Waals surface area contributed by atoms with Gasteiger partial charge < -0.3 is 15.0 Å². The molecule has 224 valence electrons. The molecule has 0 aliphatic heterocycles. The Kier molecular flexibility index (Phi) is 10.6. The Hall–Kier alpha value is -4.52. The van der Waals surface area contributed by atoms with Gasteiger partial charge >= 0.3 is 0 Å². The van der Waals surface area contributed by atoms with Gasteiger partial charge in [-0.2, -0.15) is 0 Å². The molecule has 0 heterocycles. The van der Waals surface area contributed by atoms with Crippen LogP contribution >= 0.6 is 0 Å². The molecule has 0 spiro atoms. The molecule has 1 unspecified atom stereocenters. The second kappa shape index (κ2) is 13.9. The number of hydrogen-bond acceptors (Lipinski definition) is 7. The van der Waals surface area contributed by atoms with Crippen LogP contribution in [0, 0.1) is 22.9 Å². The Labute approximate surface area is 244 Å². The molecular weight excluding hydrogens is 567 g/mol. The number of carbonyl (C=O) groups excluding carboxylic acids is 2. The van der Waals surface area contributed by atoms with Gasteiger partial charge in [-0.25, -0.2) is 12.8 Å². The molecular formula is C29H33FN4O7S. The maximum atomic E-state index is 14.6. The van der Waals surface area contributed by atoms with Gasteiger partial charge in [-0.05, 0) is 56.7 Å². The molecule has 0 bridgehead atoms. The van der Waals surface area contributed by atoms with Crippen LogP contribution in [-0.2, 0) is 26.2 Å². The summed E-state index contributed by atoms with van der Waals surface area (Å²) in [5.74, 6) is -1.45. The standard InChI is InChI=1S/C29H33FN4O7S/c1-5-16-31-29(36)21(3)32(18-22-8-6-7-9-26(22)30)28(35)19-33(23-11-13-24(41-4)14-12-23)42(39,40)25-15-10-20(2)27(17-25)34(37)38/h6-15,17,21H,5,16,18-19H2,1-4H3,(H,31,36). The van der Waals surface area contributed by atoms with Crippen molar-refractivity contribution in [3.8, 4) is 5.75 Å². The highest BCUT2D eigenvalue weighted by Gasteiger charge is 2.33. The van der Waals surface area contributed by atoms with Crippen LogP contribution in [0.2, 0.25) is 0 Å². The van der Waals surface area contributed by atoms with Crippen molar-refractivity contribution < 1.29 is 32.1 Å². The zero-order chi connectivity index (χ0) is 31.0. The molecule has 0 aliphatic rings. The average molecular weight is 601 g/mol. The molecule has 3 aromatic carbocycles. The predicted molar refractivity (Wildman–Crippen MR) is 155 cm³/mol. The fraction of sp³-hybridized carbons (Fsp3) is 0.310.